The molecule has 0 aliphatic carbocycles. The van der Waals surface area contributed by atoms with Crippen LogP contribution in [-0.2, 0) is 4.79 Å². The monoisotopic (exact) mass is 235 g/mol. The van der Waals surface area contributed by atoms with Gasteiger partial charge >= 0.3 is 0 Å². The predicted molar refractivity (Wildman–Crippen MR) is 67.5 cm³/mol. The summed E-state index contributed by atoms with van der Waals surface area (Å²) in [6.45, 7) is 4.20. The van der Waals surface area contributed by atoms with Gasteiger partial charge in [0.2, 0.25) is 5.91 Å². The van der Waals surface area contributed by atoms with E-state index in [0.717, 1.165) is 6.42 Å². The summed E-state index contributed by atoms with van der Waals surface area (Å²) in [5, 5.41) is 3.52. The largest absolute Gasteiger partial charge is 0.350 e. The molecule has 1 heterocycles. The first-order chi connectivity index (χ1) is 7.58. The van der Waals surface area contributed by atoms with Crippen LogP contribution in [0, 0.1) is 0 Å². The Balaban J connectivity index is 2.07. The molecule has 1 fully saturated rings. The van der Waals surface area contributed by atoms with Gasteiger partial charge in [-0.2, -0.15) is 0 Å². The molecule has 2 rings (SSSR count). The average Bonchev–Trinajstić information content (AvgIpc) is 2.23. The van der Waals surface area contributed by atoms with E-state index < -0.39 is 0 Å². The van der Waals surface area contributed by atoms with E-state index in [4.69, 9.17) is 0 Å². The highest BCUT2D eigenvalue weighted by atomic mass is 32.2. The van der Waals surface area contributed by atoms with Gasteiger partial charge in [-0.1, -0.05) is 18.2 Å². The molecule has 1 aromatic rings. The quantitative estimate of drug-likeness (QED) is 0.854. The molecule has 0 bridgehead atoms. The summed E-state index contributed by atoms with van der Waals surface area (Å²) in [5.74, 6) is 0.176. The highest BCUT2D eigenvalue weighted by molar-refractivity contribution is 8.00. The standard InChI is InChI=1S/C13H17NOS/c1-13(2)11(8-9-12(15)14-13)16-10-6-4-3-5-7-10/h3-7,11H,8-9H2,1-2H3,(H,14,15). The van der Waals surface area contributed by atoms with Gasteiger partial charge in [-0.15, -0.1) is 11.8 Å². The van der Waals surface area contributed by atoms with Gasteiger partial charge in [0.15, 0.2) is 0 Å². The van der Waals surface area contributed by atoms with Crippen LogP contribution in [0.1, 0.15) is 26.7 Å². The Morgan fingerprint density at radius 3 is 2.62 bits per heavy atom. The summed E-state index contributed by atoms with van der Waals surface area (Å²) in [6, 6.07) is 10.4. The lowest BCUT2D eigenvalue weighted by Crippen LogP contribution is -2.54. The second-order valence-electron chi connectivity index (χ2n) is 4.73. The number of nitrogens with one attached hydrogen (secondary N) is 1. The first-order valence-corrected chi connectivity index (χ1v) is 6.48. The molecule has 3 heteroatoms. The van der Waals surface area contributed by atoms with Gasteiger partial charge < -0.3 is 5.32 Å². The van der Waals surface area contributed by atoms with E-state index in [-0.39, 0.29) is 11.4 Å². The molecule has 1 aliphatic rings. The van der Waals surface area contributed by atoms with E-state index >= 15 is 0 Å². The lowest BCUT2D eigenvalue weighted by Gasteiger charge is -2.38. The maximum absolute atomic E-state index is 11.4. The number of hydrogen-bond donors (Lipinski definition) is 1. The third-order valence-corrected chi connectivity index (χ3v) is 4.58. The second-order valence-corrected chi connectivity index (χ2v) is 6.00. The molecule has 86 valence electrons. The molecule has 1 unspecified atom stereocenters. The number of carbonyl (C=O) groups excluding carboxylic acids is 1. The van der Waals surface area contributed by atoms with Crippen LogP contribution < -0.4 is 5.32 Å². The van der Waals surface area contributed by atoms with Crippen molar-refractivity contribution in [3.63, 3.8) is 0 Å². The lowest BCUT2D eigenvalue weighted by molar-refractivity contribution is -0.124. The Morgan fingerprint density at radius 2 is 2.00 bits per heavy atom. The van der Waals surface area contributed by atoms with Crippen molar-refractivity contribution >= 4 is 17.7 Å². The van der Waals surface area contributed by atoms with E-state index in [9.17, 15) is 4.79 Å². The third-order valence-electron chi connectivity index (χ3n) is 2.92. The van der Waals surface area contributed by atoms with E-state index in [0.29, 0.717) is 11.7 Å². The first kappa shape index (κ1) is 11.5. The highest BCUT2D eigenvalue weighted by Crippen LogP contribution is 2.35. The summed E-state index contributed by atoms with van der Waals surface area (Å²) in [4.78, 5) is 12.6. The first-order valence-electron chi connectivity index (χ1n) is 5.61. The molecule has 0 radical (unpaired) electrons. The maximum Gasteiger partial charge on any atom is 0.220 e. The van der Waals surface area contributed by atoms with Gasteiger partial charge in [-0.25, -0.2) is 0 Å². The summed E-state index contributed by atoms with van der Waals surface area (Å²) < 4.78 is 0. The zero-order valence-corrected chi connectivity index (χ0v) is 10.5. The van der Waals surface area contributed by atoms with Gasteiger partial charge in [-0.05, 0) is 32.4 Å². The summed E-state index contributed by atoms with van der Waals surface area (Å²) in [7, 11) is 0. The van der Waals surface area contributed by atoms with Crippen molar-refractivity contribution in [3.8, 4) is 0 Å². The van der Waals surface area contributed by atoms with Crippen molar-refractivity contribution < 1.29 is 4.79 Å². The van der Waals surface area contributed by atoms with Crippen LogP contribution in [0.2, 0.25) is 0 Å². The van der Waals surface area contributed by atoms with E-state index in [1.54, 1.807) is 0 Å². The molecule has 1 amide bonds. The Hall–Kier alpha value is -0.960. The van der Waals surface area contributed by atoms with E-state index in [2.05, 4.69) is 43.4 Å². The smallest absolute Gasteiger partial charge is 0.220 e. The van der Waals surface area contributed by atoms with Crippen molar-refractivity contribution in [1.29, 1.82) is 0 Å². The van der Waals surface area contributed by atoms with Gasteiger partial charge in [0.1, 0.15) is 0 Å². The third kappa shape index (κ3) is 2.59. The molecule has 1 saturated heterocycles. The van der Waals surface area contributed by atoms with Crippen LogP contribution in [0.3, 0.4) is 0 Å². The molecule has 1 aromatic carbocycles. The normalized spacial score (nSPS) is 23.9. The Kier molecular flexibility index (Phi) is 3.24. The molecule has 0 spiro atoms. The SMILES string of the molecule is CC1(C)NC(=O)CCC1Sc1ccccc1. The molecule has 1 atom stereocenters. The number of thioether (sulfide) groups is 1. The number of benzene rings is 1. The van der Waals surface area contributed by atoms with Crippen molar-refractivity contribution in [2.75, 3.05) is 0 Å². The summed E-state index contributed by atoms with van der Waals surface area (Å²) in [6.07, 6.45) is 1.60. The number of rotatable bonds is 2. The number of piperidine rings is 1. The Labute approximate surface area is 101 Å². The van der Waals surface area contributed by atoms with E-state index in [1.165, 1.54) is 4.90 Å². The highest BCUT2D eigenvalue weighted by Gasteiger charge is 2.35. The van der Waals surface area contributed by atoms with Crippen molar-refractivity contribution in [3.05, 3.63) is 30.3 Å². The fourth-order valence-corrected chi connectivity index (χ4v) is 3.23. The molecule has 1 aliphatic heterocycles. The molecule has 16 heavy (non-hydrogen) atoms. The molecular formula is C13H17NOS. The van der Waals surface area contributed by atoms with Crippen LogP contribution >= 0.6 is 11.8 Å². The molecular weight excluding hydrogens is 218 g/mol. The molecule has 1 N–H and O–H groups in total. The van der Waals surface area contributed by atoms with Crippen LogP contribution in [0.4, 0.5) is 0 Å². The molecule has 0 saturated carbocycles. The average molecular weight is 235 g/mol. The van der Waals surface area contributed by atoms with Gasteiger partial charge in [-0.3, -0.25) is 4.79 Å². The van der Waals surface area contributed by atoms with Crippen molar-refractivity contribution in [2.45, 2.75) is 42.4 Å². The number of amides is 1. The molecule has 0 aromatic heterocycles. The van der Waals surface area contributed by atoms with Crippen molar-refractivity contribution in [2.24, 2.45) is 0 Å². The Bertz CT molecular complexity index is 375. The van der Waals surface area contributed by atoms with Crippen LogP contribution in [-0.4, -0.2) is 16.7 Å². The van der Waals surface area contributed by atoms with Crippen LogP contribution in [0.15, 0.2) is 35.2 Å². The topological polar surface area (TPSA) is 29.1 Å². The molecule has 2 nitrogen and oxygen atoms in total. The minimum atomic E-state index is -0.115. The predicted octanol–water partition coefficient (Wildman–Crippen LogP) is 2.84. The van der Waals surface area contributed by atoms with Crippen LogP contribution in [0.25, 0.3) is 0 Å². The number of carbonyl (C=O) groups is 1. The number of hydrogen-bond acceptors (Lipinski definition) is 2. The van der Waals surface area contributed by atoms with Crippen molar-refractivity contribution in [1.82, 2.24) is 5.32 Å². The summed E-state index contributed by atoms with van der Waals surface area (Å²) in [5.41, 5.74) is -0.115. The zero-order chi connectivity index (χ0) is 11.6. The Morgan fingerprint density at radius 1 is 1.31 bits per heavy atom. The fourth-order valence-electron chi connectivity index (χ4n) is 1.99. The van der Waals surface area contributed by atoms with Gasteiger partial charge in [0, 0.05) is 22.1 Å². The zero-order valence-electron chi connectivity index (χ0n) is 9.69. The minimum Gasteiger partial charge on any atom is -0.350 e. The second kappa shape index (κ2) is 4.50. The summed E-state index contributed by atoms with van der Waals surface area (Å²) >= 11 is 1.86. The lowest BCUT2D eigenvalue weighted by atomic mass is 9.92. The minimum absolute atomic E-state index is 0.115. The fraction of sp³-hybridized carbons (Fsp3) is 0.462. The van der Waals surface area contributed by atoms with Gasteiger partial charge in [0.05, 0.1) is 0 Å². The van der Waals surface area contributed by atoms with E-state index in [1.807, 2.05) is 17.8 Å². The maximum atomic E-state index is 11.4. The van der Waals surface area contributed by atoms with Gasteiger partial charge in [0.25, 0.3) is 0 Å². The van der Waals surface area contributed by atoms with Crippen LogP contribution in [0.5, 0.6) is 0 Å².